The van der Waals surface area contributed by atoms with E-state index in [1.807, 2.05) is 58.0 Å². The average Bonchev–Trinajstić information content (AvgIpc) is 3.73. The molecule has 0 spiro atoms. The van der Waals surface area contributed by atoms with Gasteiger partial charge in [-0.25, -0.2) is 4.68 Å². The van der Waals surface area contributed by atoms with Crippen LogP contribution >= 0.6 is 0 Å². The first kappa shape index (κ1) is 29.0. The van der Waals surface area contributed by atoms with E-state index in [2.05, 4.69) is 31.4 Å². The van der Waals surface area contributed by atoms with Crippen LogP contribution in [0.1, 0.15) is 67.8 Å². The summed E-state index contributed by atoms with van der Waals surface area (Å²) in [5, 5.41) is 21.3. The lowest BCUT2D eigenvalue weighted by atomic mass is 10.00. The highest BCUT2D eigenvalue weighted by Gasteiger charge is 2.43. The van der Waals surface area contributed by atoms with Gasteiger partial charge in [0.15, 0.2) is 0 Å². The van der Waals surface area contributed by atoms with Gasteiger partial charge < -0.3 is 20.9 Å². The Morgan fingerprint density at radius 2 is 1.76 bits per heavy atom. The number of hydrogen-bond acceptors (Lipinski definition) is 7. The first-order valence-electron chi connectivity index (χ1n) is 14.3. The minimum absolute atomic E-state index is 0.0700. The summed E-state index contributed by atoms with van der Waals surface area (Å²) in [7, 11) is 0. The maximum absolute atomic E-state index is 13.8. The van der Waals surface area contributed by atoms with Crippen LogP contribution in [0, 0.1) is 5.92 Å². The van der Waals surface area contributed by atoms with E-state index in [9.17, 15) is 19.2 Å². The first-order valence-corrected chi connectivity index (χ1v) is 14.3. The van der Waals surface area contributed by atoms with Crippen molar-refractivity contribution in [1.29, 1.82) is 0 Å². The largest absolute Gasteiger partial charge is 0.349 e. The molecule has 1 fully saturated rings. The zero-order chi connectivity index (χ0) is 30.0. The molecule has 3 N–H and O–H groups in total. The van der Waals surface area contributed by atoms with E-state index >= 15 is 0 Å². The second kappa shape index (κ2) is 12.1. The normalized spacial score (nSPS) is 23.3. The third-order valence-corrected chi connectivity index (χ3v) is 7.76. The lowest BCUT2D eigenvalue weighted by molar-refractivity contribution is -0.134. The van der Waals surface area contributed by atoms with Crippen molar-refractivity contribution in [3.63, 3.8) is 0 Å². The molecule has 4 atom stereocenters. The number of carbonyl (C=O) groups excluding carboxylic acids is 4. The molecular weight excluding hydrogens is 538 g/mol. The fourth-order valence-corrected chi connectivity index (χ4v) is 5.35. The van der Waals surface area contributed by atoms with E-state index in [0.29, 0.717) is 11.3 Å². The Bertz CT molecular complexity index is 1450. The van der Waals surface area contributed by atoms with Crippen molar-refractivity contribution in [2.45, 2.75) is 77.3 Å². The van der Waals surface area contributed by atoms with E-state index in [1.165, 1.54) is 11.1 Å². The topological polar surface area (TPSA) is 156 Å². The van der Waals surface area contributed by atoms with Crippen molar-refractivity contribution < 1.29 is 19.2 Å². The number of fused-ring (bicyclic) bond motifs is 5. The molecule has 1 saturated heterocycles. The summed E-state index contributed by atoms with van der Waals surface area (Å²) in [6.07, 6.45) is 5.44. The Morgan fingerprint density at radius 3 is 2.45 bits per heavy atom. The standard InChI is InChI=1S/C29H37N9O4/c1-17(2)25-28(41)32-23(10-19-8-6-5-7-9-19)26(39)30-13-21-15-38(35-34-21)22-11-24(27(40)33-25)36(16-22)29(42)20-12-31-37(14-20)18(3)4/h5-9,12,14-15,17-18,22-25H,10-11,13,16H2,1-4H3,(H,30,39)(H,32,41)(H,33,40)/t22-,23+,24-,25-/m0/s1. The molecule has 13 heteroatoms. The monoisotopic (exact) mass is 575 g/mol. The second-order valence-electron chi connectivity index (χ2n) is 11.6. The molecule has 0 unspecified atom stereocenters. The SMILES string of the molecule is CC(C)[C@@H]1NC(=O)[C@@H]2C[C@@H](CN2C(=O)c2cnn(C(C)C)c2)n2cc(nn2)CNC(=O)[C@@H](Cc2ccccc2)NC1=O. The van der Waals surface area contributed by atoms with E-state index in [1.54, 1.807) is 21.8 Å². The van der Waals surface area contributed by atoms with Crippen LogP contribution in [0.4, 0.5) is 0 Å². The summed E-state index contributed by atoms with van der Waals surface area (Å²) < 4.78 is 3.33. The van der Waals surface area contributed by atoms with Crippen LogP contribution in [0.5, 0.6) is 0 Å². The summed E-state index contributed by atoms with van der Waals surface area (Å²) in [4.78, 5) is 55.8. The van der Waals surface area contributed by atoms with Crippen molar-refractivity contribution in [2.24, 2.45) is 5.92 Å². The average molecular weight is 576 g/mol. The lowest BCUT2D eigenvalue weighted by Gasteiger charge is -2.28. The maximum Gasteiger partial charge on any atom is 0.257 e. The van der Waals surface area contributed by atoms with Gasteiger partial charge in [-0.2, -0.15) is 5.10 Å². The zero-order valence-electron chi connectivity index (χ0n) is 24.2. The number of likely N-dealkylation sites (tertiary alicyclic amines) is 1. The Balaban J connectivity index is 1.46. The molecule has 0 aliphatic carbocycles. The summed E-state index contributed by atoms with van der Waals surface area (Å²) in [6.45, 7) is 7.90. The number of nitrogens with zero attached hydrogens (tertiary/aromatic N) is 6. The van der Waals surface area contributed by atoms with Gasteiger partial charge in [-0.1, -0.05) is 49.4 Å². The third kappa shape index (κ3) is 6.19. The number of rotatable bonds is 5. The number of nitrogens with one attached hydrogen (secondary N) is 3. The number of benzene rings is 1. The fourth-order valence-electron chi connectivity index (χ4n) is 5.35. The van der Waals surface area contributed by atoms with E-state index < -0.39 is 29.9 Å². The first-order chi connectivity index (χ1) is 20.1. The molecule has 42 heavy (non-hydrogen) atoms. The van der Waals surface area contributed by atoms with E-state index in [4.69, 9.17) is 0 Å². The molecule has 5 rings (SSSR count). The third-order valence-electron chi connectivity index (χ3n) is 7.76. The number of carbonyl (C=O) groups is 4. The van der Waals surface area contributed by atoms with Gasteiger partial charge in [0, 0.05) is 31.6 Å². The van der Waals surface area contributed by atoms with Gasteiger partial charge in [0.05, 0.1) is 30.5 Å². The molecule has 0 saturated carbocycles. The van der Waals surface area contributed by atoms with Crippen LogP contribution in [0.3, 0.4) is 0 Å². The summed E-state index contributed by atoms with van der Waals surface area (Å²) in [6, 6.07) is 6.47. The van der Waals surface area contributed by atoms with Crippen LogP contribution in [0.15, 0.2) is 48.9 Å². The lowest BCUT2D eigenvalue weighted by Crippen LogP contribution is -2.58. The van der Waals surface area contributed by atoms with Crippen molar-refractivity contribution >= 4 is 23.6 Å². The Hall–Kier alpha value is -4.55. The van der Waals surface area contributed by atoms with Gasteiger partial charge in [0.25, 0.3) is 5.91 Å². The second-order valence-corrected chi connectivity index (χ2v) is 11.6. The van der Waals surface area contributed by atoms with Crippen molar-refractivity contribution in [1.82, 2.24) is 45.6 Å². The van der Waals surface area contributed by atoms with Crippen LogP contribution in [0.2, 0.25) is 0 Å². The molecule has 4 heterocycles. The smallest absolute Gasteiger partial charge is 0.257 e. The molecule has 3 aromatic rings. The van der Waals surface area contributed by atoms with E-state index in [0.717, 1.165) is 5.56 Å². The molecule has 0 radical (unpaired) electrons. The minimum atomic E-state index is -0.925. The Morgan fingerprint density at radius 1 is 1.00 bits per heavy atom. The molecule has 2 aromatic heterocycles. The summed E-state index contributed by atoms with van der Waals surface area (Å²) in [5.74, 6) is -1.90. The molecular formula is C29H37N9O4. The minimum Gasteiger partial charge on any atom is -0.349 e. The van der Waals surface area contributed by atoms with Crippen molar-refractivity contribution in [2.75, 3.05) is 6.54 Å². The highest BCUT2D eigenvalue weighted by Crippen LogP contribution is 2.29. The van der Waals surface area contributed by atoms with Gasteiger partial charge in [-0.15, -0.1) is 5.10 Å². The molecule has 2 aliphatic rings. The van der Waals surface area contributed by atoms with Crippen molar-refractivity contribution in [3.8, 4) is 0 Å². The Kier molecular flexibility index (Phi) is 8.36. The fraction of sp³-hybridized carbons (Fsp3) is 0.483. The number of hydrogen-bond donors (Lipinski definition) is 3. The summed E-state index contributed by atoms with van der Waals surface area (Å²) >= 11 is 0. The van der Waals surface area contributed by atoms with Crippen LogP contribution < -0.4 is 16.0 Å². The number of aromatic nitrogens is 5. The molecule has 2 aliphatic heterocycles. The predicted molar refractivity (Wildman–Crippen MR) is 152 cm³/mol. The van der Waals surface area contributed by atoms with Gasteiger partial charge in [0.2, 0.25) is 17.7 Å². The predicted octanol–water partition coefficient (Wildman–Crippen LogP) is 1.01. The van der Waals surface area contributed by atoms with Gasteiger partial charge in [-0.05, 0) is 25.3 Å². The van der Waals surface area contributed by atoms with Crippen LogP contribution in [-0.2, 0) is 27.3 Å². The van der Waals surface area contributed by atoms with Crippen LogP contribution in [-0.4, -0.2) is 78.0 Å². The molecule has 222 valence electrons. The highest BCUT2D eigenvalue weighted by atomic mass is 16.2. The molecule has 4 bridgehead atoms. The Labute approximate surface area is 244 Å². The van der Waals surface area contributed by atoms with Crippen molar-refractivity contribution in [3.05, 3.63) is 65.7 Å². The van der Waals surface area contributed by atoms with Gasteiger partial charge in [0.1, 0.15) is 23.8 Å². The summed E-state index contributed by atoms with van der Waals surface area (Å²) in [5.41, 5.74) is 1.77. The van der Waals surface area contributed by atoms with Gasteiger partial charge >= 0.3 is 0 Å². The van der Waals surface area contributed by atoms with E-state index in [-0.39, 0.29) is 55.7 Å². The molecule has 13 nitrogen and oxygen atoms in total. The highest BCUT2D eigenvalue weighted by molar-refractivity contribution is 5.99. The van der Waals surface area contributed by atoms with Crippen LogP contribution in [0.25, 0.3) is 0 Å². The van der Waals surface area contributed by atoms with Gasteiger partial charge in [-0.3, -0.25) is 23.9 Å². The zero-order valence-corrected chi connectivity index (χ0v) is 24.2. The maximum atomic E-state index is 13.8. The molecule has 1 aromatic carbocycles. The quantitative estimate of drug-likeness (QED) is 0.410. The molecule has 4 amide bonds. The number of amides is 4.